The number of anilines is 3. The Balaban J connectivity index is 2.33. The number of benzene rings is 1. The predicted molar refractivity (Wildman–Crippen MR) is 76.1 cm³/mol. The quantitative estimate of drug-likeness (QED) is 0.799. The van der Waals surface area contributed by atoms with E-state index in [2.05, 4.69) is 26.2 Å². The molecule has 0 saturated carbocycles. The van der Waals surface area contributed by atoms with Gasteiger partial charge in [0.1, 0.15) is 11.6 Å². The van der Waals surface area contributed by atoms with E-state index in [0.717, 1.165) is 12.1 Å². The molecular weight excluding hydrogens is 359 g/mol. The molecular formula is C12H8BrClF3N3. The van der Waals surface area contributed by atoms with E-state index in [4.69, 9.17) is 17.3 Å². The molecule has 0 aliphatic carbocycles. The molecule has 106 valence electrons. The Morgan fingerprint density at radius 1 is 1.20 bits per heavy atom. The molecule has 0 bridgehead atoms. The lowest BCUT2D eigenvalue weighted by Gasteiger charge is -2.11. The molecule has 0 aliphatic heterocycles. The van der Waals surface area contributed by atoms with Gasteiger partial charge in [0.25, 0.3) is 0 Å². The van der Waals surface area contributed by atoms with Crippen LogP contribution < -0.4 is 11.1 Å². The lowest BCUT2D eigenvalue weighted by Crippen LogP contribution is -2.08. The molecule has 0 unspecified atom stereocenters. The molecule has 0 fully saturated rings. The van der Waals surface area contributed by atoms with Crippen LogP contribution in [0.3, 0.4) is 0 Å². The van der Waals surface area contributed by atoms with E-state index < -0.39 is 11.7 Å². The van der Waals surface area contributed by atoms with Crippen LogP contribution in [0, 0.1) is 0 Å². The maximum Gasteiger partial charge on any atom is 0.416 e. The predicted octanol–water partition coefficient (Wildman–Crippen LogP) is 4.84. The maximum absolute atomic E-state index is 12.7. The van der Waals surface area contributed by atoms with Crippen molar-refractivity contribution in [3.63, 3.8) is 0 Å². The van der Waals surface area contributed by atoms with Gasteiger partial charge in [-0.05, 0) is 46.3 Å². The number of alkyl halides is 3. The van der Waals surface area contributed by atoms with Crippen molar-refractivity contribution in [1.82, 2.24) is 4.98 Å². The Morgan fingerprint density at radius 2 is 1.90 bits per heavy atom. The van der Waals surface area contributed by atoms with Crippen LogP contribution in [0.15, 0.2) is 34.8 Å². The van der Waals surface area contributed by atoms with Crippen LogP contribution in [0.5, 0.6) is 0 Å². The van der Waals surface area contributed by atoms with Gasteiger partial charge in [0.2, 0.25) is 0 Å². The third-order valence-electron chi connectivity index (χ3n) is 2.36. The summed E-state index contributed by atoms with van der Waals surface area (Å²) in [5, 5.41) is 3.15. The van der Waals surface area contributed by atoms with E-state index in [1.54, 1.807) is 18.2 Å². The second-order valence-electron chi connectivity index (χ2n) is 3.92. The zero-order valence-electron chi connectivity index (χ0n) is 9.80. The standard InChI is InChI=1S/C12H8BrClF3N3/c13-8-2-1-7(5-9(8)14)19-11-4-6(12(15,16)17)3-10(18)20-11/h1-5H,(H3,18,19,20). The molecule has 8 heteroatoms. The van der Waals surface area contributed by atoms with Crippen molar-refractivity contribution in [2.24, 2.45) is 0 Å². The Labute approximate surface area is 126 Å². The van der Waals surface area contributed by atoms with Gasteiger partial charge in [-0.15, -0.1) is 0 Å². The van der Waals surface area contributed by atoms with E-state index >= 15 is 0 Å². The molecule has 0 spiro atoms. The van der Waals surface area contributed by atoms with Gasteiger partial charge in [-0.1, -0.05) is 11.6 Å². The fourth-order valence-corrected chi connectivity index (χ4v) is 1.93. The third kappa shape index (κ3) is 3.55. The molecule has 2 aromatic rings. The van der Waals surface area contributed by atoms with Gasteiger partial charge < -0.3 is 11.1 Å². The molecule has 20 heavy (non-hydrogen) atoms. The summed E-state index contributed by atoms with van der Waals surface area (Å²) < 4.78 is 38.7. The first-order chi connectivity index (χ1) is 9.25. The van der Waals surface area contributed by atoms with Gasteiger partial charge in [-0.25, -0.2) is 4.98 Å². The minimum atomic E-state index is -4.48. The van der Waals surface area contributed by atoms with Gasteiger partial charge in [-0.2, -0.15) is 13.2 Å². The molecule has 1 heterocycles. The average Bonchev–Trinajstić information content (AvgIpc) is 2.32. The van der Waals surface area contributed by atoms with Crippen LogP contribution in [0.1, 0.15) is 5.56 Å². The Morgan fingerprint density at radius 3 is 2.50 bits per heavy atom. The zero-order valence-corrected chi connectivity index (χ0v) is 12.1. The third-order valence-corrected chi connectivity index (χ3v) is 3.60. The van der Waals surface area contributed by atoms with Crippen LogP contribution in [0.2, 0.25) is 5.02 Å². The summed E-state index contributed by atoms with van der Waals surface area (Å²) in [5.74, 6) is -0.221. The topological polar surface area (TPSA) is 50.9 Å². The molecule has 2 rings (SSSR count). The number of nitrogens with two attached hydrogens (primary N) is 1. The number of rotatable bonds is 2. The van der Waals surface area contributed by atoms with E-state index in [0.29, 0.717) is 15.2 Å². The largest absolute Gasteiger partial charge is 0.416 e. The summed E-state index contributed by atoms with van der Waals surface area (Å²) in [4.78, 5) is 3.81. The van der Waals surface area contributed by atoms with Crippen LogP contribution in [-0.2, 0) is 6.18 Å². The highest BCUT2D eigenvalue weighted by Gasteiger charge is 2.31. The highest BCUT2D eigenvalue weighted by atomic mass is 79.9. The summed E-state index contributed by atoms with van der Waals surface area (Å²) in [5.41, 5.74) is 5.02. The summed E-state index contributed by atoms with van der Waals surface area (Å²) >= 11 is 9.12. The second-order valence-corrected chi connectivity index (χ2v) is 5.18. The molecule has 1 aromatic heterocycles. The van der Waals surface area contributed by atoms with Gasteiger partial charge in [-0.3, -0.25) is 0 Å². The number of halogens is 5. The number of nitrogens with one attached hydrogen (secondary N) is 1. The van der Waals surface area contributed by atoms with Crippen LogP contribution in [0.25, 0.3) is 0 Å². The highest BCUT2D eigenvalue weighted by molar-refractivity contribution is 9.10. The van der Waals surface area contributed by atoms with E-state index in [9.17, 15) is 13.2 Å². The molecule has 0 amide bonds. The molecule has 3 nitrogen and oxygen atoms in total. The van der Waals surface area contributed by atoms with E-state index in [1.165, 1.54) is 0 Å². The number of nitrogen functional groups attached to an aromatic ring is 1. The Bertz CT molecular complexity index is 646. The van der Waals surface area contributed by atoms with Crippen molar-refractivity contribution >= 4 is 44.9 Å². The Hall–Kier alpha value is -1.47. The Kier molecular flexibility index (Phi) is 4.10. The highest BCUT2D eigenvalue weighted by Crippen LogP contribution is 2.33. The van der Waals surface area contributed by atoms with Crippen molar-refractivity contribution in [2.75, 3.05) is 11.1 Å². The van der Waals surface area contributed by atoms with Crippen LogP contribution in [0.4, 0.5) is 30.5 Å². The number of aromatic nitrogens is 1. The fourth-order valence-electron chi connectivity index (χ4n) is 1.50. The first-order valence-electron chi connectivity index (χ1n) is 5.32. The van der Waals surface area contributed by atoms with Crippen molar-refractivity contribution < 1.29 is 13.2 Å². The monoisotopic (exact) mass is 365 g/mol. The first kappa shape index (κ1) is 14.9. The second kappa shape index (κ2) is 5.49. The minimum Gasteiger partial charge on any atom is -0.384 e. The summed E-state index contributed by atoms with van der Waals surface area (Å²) in [6.45, 7) is 0. The SMILES string of the molecule is Nc1cc(C(F)(F)F)cc(Nc2ccc(Br)c(Cl)c2)n1. The molecule has 3 N–H and O–H groups in total. The summed E-state index contributed by atoms with van der Waals surface area (Å²) in [6.07, 6.45) is -4.48. The summed E-state index contributed by atoms with van der Waals surface area (Å²) in [7, 11) is 0. The number of nitrogens with zero attached hydrogens (tertiary/aromatic N) is 1. The van der Waals surface area contributed by atoms with Gasteiger partial charge in [0.15, 0.2) is 0 Å². The minimum absolute atomic E-state index is 0.00397. The smallest absolute Gasteiger partial charge is 0.384 e. The van der Waals surface area contributed by atoms with E-state index in [1.807, 2.05) is 0 Å². The van der Waals surface area contributed by atoms with E-state index in [-0.39, 0.29) is 11.6 Å². The van der Waals surface area contributed by atoms with Crippen molar-refractivity contribution in [3.8, 4) is 0 Å². The van der Waals surface area contributed by atoms with Crippen molar-refractivity contribution in [1.29, 1.82) is 0 Å². The number of hydrogen-bond acceptors (Lipinski definition) is 3. The van der Waals surface area contributed by atoms with Gasteiger partial charge >= 0.3 is 6.18 Å². The molecule has 0 radical (unpaired) electrons. The average molecular weight is 367 g/mol. The molecule has 0 aliphatic rings. The first-order valence-corrected chi connectivity index (χ1v) is 6.49. The summed E-state index contributed by atoms with van der Waals surface area (Å²) in [6, 6.07) is 6.53. The normalized spacial score (nSPS) is 11.4. The molecule has 0 atom stereocenters. The lowest BCUT2D eigenvalue weighted by atomic mass is 10.2. The fraction of sp³-hybridized carbons (Fsp3) is 0.0833. The zero-order chi connectivity index (χ0) is 14.9. The molecule has 0 saturated heterocycles. The number of pyridine rings is 1. The number of hydrogen-bond donors (Lipinski definition) is 2. The van der Waals surface area contributed by atoms with Crippen LogP contribution >= 0.6 is 27.5 Å². The molecule has 1 aromatic carbocycles. The van der Waals surface area contributed by atoms with Crippen molar-refractivity contribution in [2.45, 2.75) is 6.18 Å². The maximum atomic E-state index is 12.7. The lowest BCUT2D eigenvalue weighted by molar-refractivity contribution is -0.137. The van der Waals surface area contributed by atoms with Crippen molar-refractivity contribution in [3.05, 3.63) is 45.4 Å². The van der Waals surface area contributed by atoms with Crippen LogP contribution in [-0.4, -0.2) is 4.98 Å². The van der Waals surface area contributed by atoms with Gasteiger partial charge in [0.05, 0.1) is 10.6 Å². The van der Waals surface area contributed by atoms with Gasteiger partial charge in [0, 0.05) is 10.2 Å².